The SMILES string of the molecule is Cl.Cl.NC(CCCCNC1CC1c1ccccc1)C(=O)NCc1cccc(F)c1. The normalized spacial score (nSPS) is 18.1. The maximum absolute atomic E-state index is 13.1. The molecule has 29 heavy (non-hydrogen) atoms. The zero-order valence-electron chi connectivity index (χ0n) is 16.4. The van der Waals surface area contributed by atoms with Gasteiger partial charge in [-0.2, -0.15) is 0 Å². The van der Waals surface area contributed by atoms with Gasteiger partial charge in [0.25, 0.3) is 0 Å². The molecule has 3 rings (SSSR count). The van der Waals surface area contributed by atoms with Crippen LogP contribution in [0.25, 0.3) is 0 Å². The third-order valence-corrected chi connectivity index (χ3v) is 5.06. The summed E-state index contributed by atoms with van der Waals surface area (Å²) in [5, 5.41) is 6.36. The summed E-state index contributed by atoms with van der Waals surface area (Å²) in [4.78, 5) is 12.0. The molecular weight excluding hydrogens is 412 g/mol. The molecule has 0 aliphatic heterocycles. The highest BCUT2D eigenvalue weighted by Crippen LogP contribution is 2.40. The van der Waals surface area contributed by atoms with Crippen molar-refractivity contribution in [3.8, 4) is 0 Å². The van der Waals surface area contributed by atoms with Crippen molar-refractivity contribution in [1.82, 2.24) is 10.6 Å². The Labute approximate surface area is 184 Å². The Morgan fingerprint density at radius 3 is 2.59 bits per heavy atom. The van der Waals surface area contributed by atoms with Gasteiger partial charge in [-0.1, -0.05) is 48.9 Å². The van der Waals surface area contributed by atoms with Crippen molar-refractivity contribution in [2.24, 2.45) is 5.73 Å². The summed E-state index contributed by atoms with van der Waals surface area (Å²) in [6.45, 7) is 1.25. The molecule has 7 heteroatoms. The van der Waals surface area contributed by atoms with Gasteiger partial charge >= 0.3 is 0 Å². The Hall–Kier alpha value is -1.66. The predicted molar refractivity (Wildman–Crippen MR) is 120 cm³/mol. The number of amides is 1. The first-order valence-corrected chi connectivity index (χ1v) is 9.69. The summed E-state index contributed by atoms with van der Waals surface area (Å²) in [6.07, 6.45) is 3.77. The van der Waals surface area contributed by atoms with Crippen LogP contribution in [0.5, 0.6) is 0 Å². The minimum absolute atomic E-state index is 0. The van der Waals surface area contributed by atoms with E-state index in [9.17, 15) is 9.18 Å². The topological polar surface area (TPSA) is 67.1 Å². The Bertz CT molecular complexity index is 748. The van der Waals surface area contributed by atoms with Gasteiger partial charge in [-0.05, 0) is 49.1 Å². The van der Waals surface area contributed by atoms with Crippen LogP contribution >= 0.6 is 24.8 Å². The number of unbranched alkanes of at least 4 members (excludes halogenated alkanes) is 1. The molecule has 1 amide bonds. The van der Waals surface area contributed by atoms with Gasteiger partial charge in [-0.15, -0.1) is 24.8 Å². The van der Waals surface area contributed by atoms with Crippen LogP contribution in [0.15, 0.2) is 54.6 Å². The van der Waals surface area contributed by atoms with Crippen molar-refractivity contribution in [3.05, 3.63) is 71.5 Å². The van der Waals surface area contributed by atoms with Crippen LogP contribution in [0.1, 0.15) is 42.7 Å². The van der Waals surface area contributed by atoms with Crippen molar-refractivity contribution in [1.29, 1.82) is 0 Å². The summed E-state index contributed by atoms with van der Waals surface area (Å²) in [6, 6.07) is 16.9. The molecule has 4 nitrogen and oxygen atoms in total. The van der Waals surface area contributed by atoms with Gasteiger partial charge in [0.15, 0.2) is 0 Å². The molecule has 4 N–H and O–H groups in total. The lowest BCUT2D eigenvalue weighted by Crippen LogP contribution is -2.40. The van der Waals surface area contributed by atoms with E-state index in [0.717, 1.165) is 24.9 Å². The number of carbonyl (C=O) groups excluding carboxylic acids is 1. The van der Waals surface area contributed by atoms with Gasteiger partial charge in [0.05, 0.1) is 6.04 Å². The molecule has 160 valence electrons. The molecular formula is C22H30Cl2FN3O. The molecule has 2 aromatic rings. The van der Waals surface area contributed by atoms with Crippen molar-refractivity contribution in [2.75, 3.05) is 6.54 Å². The molecule has 0 aromatic heterocycles. The van der Waals surface area contributed by atoms with E-state index in [0.29, 0.717) is 24.9 Å². The highest BCUT2D eigenvalue weighted by atomic mass is 35.5. The second-order valence-corrected chi connectivity index (χ2v) is 7.26. The van der Waals surface area contributed by atoms with Crippen molar-refractivity contribution in [2.45, 2.75) is 50.2 Å². The Morgan fingerprint density at radius 2 is 1.86 bits per heavy atom. The number of hydrogen-bond donors (Lipinski definition) is 3. The number of nitrogens with two attached hydrogens (primary N) is 1. The summed E-state index contributed by atoms with van der Waals surface area (Å²) in [5.41, 5.74) is 8.10. The number of rotatable bonds is 10. The van der Waals surface area contributed by atoms with E-state index in [2.05, 4.69) is 34.9 Å². The Kier molecular flexibility index (Phi) is 11.2. The van der Waals surface area contributed by atoms with Crippen molar-refractivity contribution >= 4 is 30.7 Å². The zero-order valence-corrected chi connectivity index (χ0v) is 18.0. The summed E-state index contributed by atoms with van der Waals surface area (Å²) in [5.74, 6) is 0.157. The van der Waals surface area contributed by atoms with Crippen LogP contribution in [0.3, 0.4) is 0 Å². The second-order valence-electron chi connectivity index (χ2n) is 7.26. The third-order valence-electron chi connectivity index (χ3n) is 5.06. The molecule has 0 bridgehead atoms. The first-order valence-electron chi connectivity index (χ1n) is 9.69. The van der Waals surface area contributed by atoms with Crippen LogP contribution in [0, 0.1) is 5.82 Å². The van der Waals surface area contributed by atoms with E-state index in [4.69, 9.17) is 5.73 Å². The highest BCUT2D eigenvalue weighted by Gasteiger charge is 2.37. The monoisotopic (exact) mass is 441 g/mol. The fourth-order valence-electron chi connectivity index (χ4n) is 3.36. The van der Waals surface area contributed by atoms with Crippen LogP contribution < -0.4 is 16.4 Å². The van der Waals surface area contributed by atoms with E-state index in [1.807, 2.05) is 6.07 Å². The number of benzene rings is 2. The fourth-order valence-corrected chi connectivity index (χ4v) is 3.36. The van der Waals surface area contributed by atoms with Crippen LogP contribution in [-0.4, -0.2) is 24.5 Å². The van der Waals surface area contributed by atoms with E-state index in [-0.39, 0.29) is 36.5 Å². The lowest BCUT2D eigenvalue weighted by Gasteiger charge is -2.12. The van der Waals surface area contributed by atoms with E-state index < -0.39 is 6.04 Å². The number of halogens is 3. The predicted octanol–water partition coefficient (Wildman–Crippen LogP) is 3.93. The Morgan fingerprint density at radius 1 is 1.10 bits per heavy atom. The first-order chi connectivity index (χ1) is 13.1. The van der Waals surface area contributed by atoms with Crippen molar-refractivity contribution in [3.63, 3.8) is 0 Å². The second kappa shape index (κ2) is 12.8. The average Bonchev–Trinajstić information content (AvgIpc) is 3.46. The maximum atomic E-state index is 13.1. The van der Waals surface area contributed by atoms with Gasteiger partial charge in [-0.25, -0.2) is 4.39 Å². The molecule has 0 heterocycles. The molecule has 1 aliphatic rings. The van der Waals surface area contributed by atoms with Crippen LogP contribution in [0.2, 0.25) is 0 Å². The Balaban J connectivity index is 0.00000210. The van der Waals surface area contributed by atoms with Crippen LogP contribution in [-0.2, 0) is 11.3 Å². The lowest BCUT2D eigenvalue weighted by molar-refractivity contribution is -0.122. The number of nitrogens with one attached hydrogen (secondary N) is 2. The summed E-state index contributed by atoms with van der Waals surface area (Å²) < 4.78 is 13.1. The van der Waals surface area contributed by atoms with Gasteiger partial charge in [0, 0.05) is 18.5 Å². The molecule has 1 aliphatic carbocycles. The molecule has 0 saturated heterocycles. The summed E-state index contributed by atoms with van der Waals surface area (Å²) >= 11 is 0. The maximum Gasteiger partial charge on any atom is 0.237 e. The van der Waals surface area contributed by atoms with E-state index >= 15 is 0 Å². The summed E-state index contributed by atoms with van der Waals surface area (Å²) in [7, 11) is 0. The lowest BCUT2D eigenvalue weighted by atomic mass is 10.1. The van der Waals surface area contributed by atoms with E-state index in [1.54, 1.807) is 12.1 Å². The highest BCUT2D eigenvalue weighted by molar-refractivity contribution is 5.85. The van der Waals surface area contributed by atoms with Gasteiger partial charge in [0.1, 0.15) is 5.82 Å². The molecule has 1 fully saturated rings. The molecule has 3 atom stereocenters. The minimum atomic E-state index is -0.517. The molecule has 2 aromatic carbocycles. The minimum Gasteiger partial charge on any atom is -0.351 e. The molecule has 1 saturated carbocycles. The molecule has 0 spiro atoms. The van der Waals surface area contributed by atoms with Gasteiger partial charge in [0.2, 0.25) is 5.91 Å². The van der Waals surface area contributed by atoms with Gasteiger partial charge < -0.3 is 16.4 Å². The first kappa shape index (κ1) is 25.4. The van der Waals surface area contributed by atoms with Crippen LogP contribution in [0.4, 0.5) is 4.39 Å². The quantitative estimate of drug-likeness (QED) is 0.489. The number of carbonyl (C=O) groups is 1. The molecule has 3 unspecified atom stereocenters. The largest absolute Gasteiger partial charge is 0.351 e. The molecule has 0 radical (unpaired) electrons. The van der Waals surface area contributed by atoms with E-state index in [1.165, 1.54) is 24.1 Å². The average molecular weight is 442 g/mol. The smallest absolute Gasteiger partial charge is 0.237 e. The van der Waals surface area contributed by atoms with Crippen molar-refractivity contribution < 1.29 is 9.18 Å². The number of hydrogen-bond acceptors (Lipinski definition) is 3. The van der Waals surface area contributed by atoms with Gasteiger partial charge in [-0.3, -0.25) is 4.79 Å². The standard InChI is InChI=1S/C22H28FN3O.2ClH/c23-18-10-6-7-16(13-18)15-26-22(27)20(24)11-4-5-12-25-21-14-19(21)17-8-2-1-3-9-17;;/h1-3,6-10,13,19-21,25H,4-5,11-12,14-15,24H2,(H,26,27);2*1H. The third kappa shape index (κ3) is 8.31. The zero-order chi connectivity index (χ0) is 19.1. The fraction of sp³-hybridized carbons (Fsp3) is 0.409.